The fourth-order valence-corrected chi connectivity index (χ4v) is 3.51. The molecule has 5 nitrogen and oxygen atoms in total. The van der Waals surface area contributed by atoms with Gasteiger partial charge in [0.05, 0.1) is 16.3 Å². The van der Waals surface area contributed by atoms with E-state index < -0.39 is 23.2 Å². The van der Waals surface area contributed by atoms with Crippen LogP contribution in [0.3, 0.4) is 0 Å². The molecular formula is C19H16ClFN2O3S. The molecule has 0 unspecified atom stereocenters. The van der Waals surface area contributed by atoms with Crippen LogP contribution in [0.2, 0.25) is 5.02 Å². The van der Waals surface area contributed by atoms with E-state index >= 15 is 0 Å². The molecular weight excluding hydrogens is 391 g/mol. The van der Waals surface area contributed by atoms with Crippen molar-refractivity contribution in [3.05, 3.63) is 70.5 Å². The molecule has 8 heteroatoms. The van der Waals surface area contributed by atoms with Crippen LogP contribution in [0.25, 0.3) is 5.70 Å². The van der Waals surface area contributed by atoms with Crippen molar-refractivity contribution in [3.63, 3.8) is 0 Å². The molecule has 1 heterocycles. The average molecular weight is 407 g/mol. The van der Waals surface area contributed by atoms with Crippen LogP contribution in [0.5, 0.6) is 0 Å². The number of hydroxylamine groups is 1. The molecule has 0 saturated heterocycles. The van der Waals surface area contributed by atoms with Gasteiger partial charge >= 0.3 is 0 Å². The number of halogens is 2. The Kier molecular flexibility index (Phi) is 5.55. The van der Waals surface area contributed by atoms with Gasteiger partial charge in [-0.2, -0.15) is 0 Å². The normalized spacial score (nSPS) is 18.6. The molecule has 1 aliphatic heterocycles. The summed E-state index contributed by atoms with van der Waals surface area (Å²) in [7, 11) is 0. The lowest BCUT2D eigenvalue weighted by Crippen LogP contribution is -2.47. The van der Waals surface area contributed by atoms with E-state index in [1.54, 1.807) is 12.3 Å². The maximum atomic E-state index is 14.1. The Hall–Kier alpha value is -2.35. The number of rotatable bonds is 4. The quantitative estimate of drug-likeness (QED) is 0.597. The summed E-state index contributed by atoms with van der Waals surface area (Å²) in [5.74, 6) is -2.47. The van der Waals surface area contributed by atoms with Gasteiger partial charge in [-0.15, -0.1) is 11.8 Å². The zero-order valence-corrected chi connectivity index (χ0v) is 16.1. The standard InChI is InChI=1S/C19H16ClFN2O3S/c1-19(10-13(23-26-19)11-6-4-3-5-7-11)18(25)22-17(24)15-12(21)8-9-14(27-2)16(15)20/h3-10,23H,1-2H3,(H,22,24,25)/t19-/m0/s1. The van der Waals surface area contributed by atoms with Crippen molar-refractivity contribution in [2.24, 2.45) is 0 Å². The number of amides is 2. The number of imide groups is 1. The maximum Gasteiger partial charge on any atom is 0.265 e. The van der Waals surface area contributed by atoms with Crippen molar-refractivity contribution in [1.82, 2.24) is 10.8 Å². The second kappa shape index (κ2) is 7.72. The molecule has 0 fully saturated rings. The first-order valence-electron chi connectivity index (χ1n) is 7.96. The van der Waals surface area contributed by atoms with Crippen molar-refractivity contribution < 1.29 is 18.8 Å². The van der Waals surface area contributed by atoms with Crippen LogP contribution in [-0.2, 0) is 9.63 Å². The van der Waals surface area contributed by atoms with Crippen molar-refractivity contribution >= 4 is 40.9 Å². The molecule has 0 radical (unpaired) electrons. The number of thioether (sulfide) groups is 1. The molecule has 140 valence electrons. The lowest BCUT2D eigenvalue weighted by atomic mass is 10.0. The number of nitrogens with one attached hydrogen (secondary N) is 2. The zero-order chi connectivity index (χ0) is 19.6. The van der Waals surface area contributed by atoms with E-state index in [-0.39, 0.29) is 10.6 Å². The van der Waals surface area contributed by atoms with Gasteiger partial charge in [-0.05, 0) is 37.0 Å². The van der Waals surface area contributed by atoms with Crippen LogP contribution in [0.4, 0.5) is 4.39 Å². The molecule has 1 aliphatic rings. The van der Waals surface area contributed by atoms with Crippen molar-refractivity contribution in [2.75, 3.05) is 6.26 Å². The van der Waals surface area contributed by atoms with Gasteiger partial charge in [0.25, 0.3) is 11.8 Å². The fraction of sp³-hybridized carbons (Fsp3) is 0.158. The largest absolute Gasteiger partial charge is 0.289 e. The fourth-order valence-electron chi connectivity index (χ4n) is 2.56. The molecule has 3 rings (SSSR count). The van der Waals surface area contributed by atoms with Crippen molar-refractivity contribution in [3.8, 4) is 0 Å². The summed E-state index contributed by atoms with van der Waals surface area (Å²) in [6.45, 7) is 1.49. The molecule has 0 spiro atoms. The third kappa shape index (κ3) is 3.85. The topological polar surface area (TPSA) is 67.4 Å². The maximum absolute atomic E-state index is 14.1. The predicted molar refractivity (Wildman–Crippen MR) is 103 cm³/mol. The van der Waals surface area contributed by atoms with E-state index in [1.807, 2.05) is 30.3 Å². The number of hydrogen-bond donors (Lipinski definition) is 2. The molecule has 27 heavy (non-hydrogen) atoms. The van der Waals surface area contributed by atoms with E-state index in [0.29, 0.717) is 10.6 Å². The number of carbonyl (C=O) groups excluding carboxylic acids is 2. The SMILES string of the molecule is CSc1ccc(F)c(C(=O)NC(=O)[C@]2(C)C=C(c3ccccc3)NO2)c1Cl. The van der Waals surface area contributed by atoms with Gasteiger partial charge < -0.3 is 0 Å². The molecule has 2 amide bonds. The zero-order valence-electron chi connectivity index (χ0n) is 14.5. The first kappa shape index (κ1) is 19.4. The predicted octanol–water partition coefficient (Wildman–Crippen LogP) is 3.79. The highest BCUT2D eigenvalue weighted by Gasteiger charge is 2.39. The van der Waals surface area contributed by atoms with Gasteiger partial charge in [0.1, 0.15) is 5.82 Å². The first-order valence-corrected chi connectivity index (χ1v) is 9.56. The number of hydrogen-bond acceptors (Lipinski definition) is 5. The van der Waals surface area contributed by atoms with Gasteiger partial charge in [-0.25, -0.2) is 4.39 Å². The second-order valence-electron chi connectivity index (χ2n) is 5.96. The molecule has 2 N–H and O–H groups in total. The summed E-state index contributed by atoms with van der Waals surface area (Å²) in [6.07, 6.45) is 3.31. The van der Waals surface area contributed by atoms with Crippen LogP contribution < -0.4 is 10.8 Å². The molecule has 2 aromatic rings. The third-order valence-corrected chi connectivity index (χ3v) is 5.34. The Bertz CT molecular complexity index is 936. The van der Waals surface area contributed by atoms with Gasteiger partial charge in [-0.1, -0.05) is 41.9 Å². The Balaban J connectivity index is 1.82. The second-order valence-corrected chi connectivity index (χ2v) is 7.18. The van der Waals surface area contributed by atoms with Crippen LogP contribution >= 0.6 is 23.4 Å². The molecule has 0 bridgehead atoms. The monoisotopic (exact) mass is 406 g/mol. The lowest BCUT2D eigenvalue weighted by molar-refractivity contribution is -0.140. The Morgan fingerprint density at radius 3 is 2.59 bits per heavy atom. The minimum absolute atomic E-state index is 0.0380. The summed E-state index contributed by atoms with van der Waals surface area (Å²) in [5.41, 5.74) is 2.28. The molecule has 0 aliphatic carbocycles. The Labute approximate surface area is 164 Å². The highest BCUT2D eigenvalue weighted by molar-refractivity contribution is 7.98. The summed E-state index contributed by atoms with van der Waals surface area (Å²) >= 11 is 7.37. The average Bonchev–Trinajstić information content (AvgIpc) is 3.06. The minimum Gasteiger partial charge on any atom is -0.289 e. The third-order valence-electron chi connectivity index (χ3n) is 4.06. The lowest BCUT2D eigenvalue weighted by Gasteiger charge is -2.19. The smallest absolute Gasteiger partial charge is 0.265 e. The Morgan fingerprint density at radius 1 is 1.22 bits per heavy atom. The van der Waals surface area contributed by atoms with Crippen LogP contribution in [0, 0.1) is 5.82 Å². The number of carbonyl (C=O) groups is 2. The highest BCUT2D eigenvalue weighted by atomic mass is 35.5. The van der Waals surface area contributed by atoms with Crippen molar-refractivity contribution in [2.45, 2.75) is 17.4 Å². The van der Waals surface area contributed by atoms with E-state index in [0.717, 1.165) is 11.6 Å². The first-order chi connectivity index (χ1) is 12.9. The van der Waals surface area contributed by atoms with Crippen LogP contribution in [0.1, 0.15) is 22.8 Å². The number of benzene rings is 2. The van der Waals surface area contributed by atoms with Crippen LogP contribution in [-0.4, -0.2) is 23.7 Å². The van der Waals surface area contributed by atoms with Gasteiger partial charge in [-0.3, -0.25) is 25.2 Å². The molecule has 0 saturated carbocycles. The van der Waals surface area contributed by atoms with E-state index in [4.69, 9.17) is 16.4 Å². The molecule has 0 aromatic heterocycles. The van der Waals surface area contributed by atoms with E-state index in [1.165, 1.54) is 24.8 Å². The van der Waals surface area contributed by atoms with E-state index in [9.17, 15) is 14.0 Å². The van der Waals surface area contributed by atoms with E-state index in [2.05, 4.69) is 10.8 Å². The molecule has 1 atom stereocenters. The van der Waals surface area contributed by atoms with Gasteiger partial charge in [0, 0.05) is 4.90 Å². The van der Waals surface area contributed by atoms with Gasteiger partial charge in [0.15, 0.2) is 5.60 Å². The summed E-state index contributed by atoms with van der Waals surface area (Å²) < 4.78 is 14.1. The Morgan fingerprint density at radius 2 is 1.93 bits per heavy atom. The summed E-state index contributed by atoms with van der Waals surface area (Å²) in [6, 6.07) is 11.9. The summed E-state index contributed by atoms with van der Waals surface area (Å²) in [5, 5.41) is 2.12. The minimum atomic E-state index is -1.44. The van der Waals surface area contributed by atoms with Gasteiger partial charge in [0.2, 0.25) is 0 Å². The van der Waals surface area contributed by atoms with Crippen molar-refractivity contribution in [1.29, 1.82) is 0 Å². The highest BCUT2D eigenvalue weighted by Crippen LogP contribution is 2.31. The summed E-state index contributed by atoms with van der Waals surface area (Å²) in [4.78, 5) is 31.0. The van der Waals surface area contributed by atoms with Crippen LogP contribution in [0.15, 0.2) is 53.4 Å². The molecule has 2 aromatic carbocycles.